The van der Waals surface area contributed by atoms with Gasteiger partial charge >= 0.3 is 0 Å². The second-order valence-corrected chi connectivity index (χ2v) is 7.34. The molecule has 0 saturated carbocycles. The lowest BCUT2D eigenvalue weighted by molar-refractivity contribution is 0.597. The maximum Gasteiger partial charge on any atom is 0.263 e. The van der Waals surface area contributed by atoms with E-state index in [1.807, 2.05) is 0 Å². The number of benzene rings is 1. The molecule has 0 bridgehead atoms. The third-order valence-corrected chi connectivity index (χ3v) is 4.80. The van der Waals surface area contributed by atoms with E-state index in [2.05, 4.69) is 9.71 Å². The van der Waals surface area contributed by atoms with Crippen LogP contribution in [0, 0.1) is 0 Å². The average Bonchev–Trinajstić information content (AvgIpc) is 2.38. The summed E-state index contributed by atoms with van der Waals surface area (Å²) >= 11 is 0. The molecule has 1 aromatic carbocycles. The Bertz CT molecular complexity index is 844. The highest BCUT2D eigenvalue weighted by molar-refractivity contribution is 7.92. The van der Waals surface area contributed by atoms with Gasteiger partial charge in [-0.2, -0.15) is 0 Å². The highest BCUT2D eigenvalue weighted by Crippen LogP contribution is 2.17. The number of pyridine rings is 1. The Morgan fingerprint density at radius 1 is 0.905 bits per heavy atom. The molecule has 21 heavy (non-hydrogen) atoms. The molecule has 2 aromatic rings. The van der Waals surface area contributed by atoms with E-state index in [0.29, 0.717) is 0 Å². The lowest BCUT2D eigenvalue weighted by Gasteiger charge is -2.08. The van der Waals surface area contributed by atoms with Crippen molar-refractivity contribution in [3.63, 3.8) is 0 Å². The van der Waals surface area contributed by atoms with E-state index in [4.69, 9.17) is 10.9 Å². The first-order valence-electron chi connectivity index (χ1n) is 5.56. The van der Waals surface area contributed by atoms with Gasteiger partial charge in [-0.05, 0) is 36.4 Å². The van der Waals surface area contributed by atoms with Crippen LogP contribution in [0.4, 0.5) is 11.5 Å². The third kappa shape index (κ3) is 3.68. The number of nitrogens with one attached hydrogen (secondary N) is 1. The maximum atomic E-state index is 12.1. The molecule has 0 unspecified atom stereocenters. The van der Waals surface area contributed by atoms with Crippen LogP contribution in [0.3, 0.4) is 0 Å². The van der Waals surface area contributed by atoms with Gasteiger partial charge < -0.3 is 5.73 Å². The maximum absolute atomic E-state index is 12.1. The molecule has 2 rings (SSSR count). The molecule has 8 nitrogen and oxygen atoms in total. The lowest BCUT2D eigenvalue weighted by atomic mass is 10.3. The second-order valence-electron chi connectivity index (χ2n) is 4.09. The van der Waals surface area contributed by atoms with Crippen molar-refractivity contribution in [1.29, 1.82) is 0 Å². The van der Waals surface area contributed by atoms with Gasteiger partial charge in [0.15, 0.2) is 0 Å². The van der Waals surface area contributed by atoms with Crippen molar-refractivity contribution >= 4 is 31.6 Å². The number of rotatable bonds is 4. The van der Waals surface area contributed by atoms with E-state index < -0.39 is 20.0 Å². The van der Waals surface area contributed by atoms with Gasteiger partial charge in [-0.25, -0.2) is 27.0 Å². The van der Waals surface area contributed by atoms with Crippen LogP contribution in [0.5, 0.6) is 0 Å². The molecule has 0 atom stereocenters. The van der Waals surface area contributed by atoms with E-state index >= 15 is 0 Å². The Labute approximate surface area is 121 Å². The quantitative estimate of drug-likeness (QED) is 0.726. The second kappa shape index (κ2) is 5.31. The van der Waals surface area contributed by atoms with Crippen molar-refractivity contribution < 1.29 is 16.8 Å². The van der Waals surface area contributed by atoms with Crippen molar-refractivity contribution in [3.05, 3.63) is 42.6 Å². The Morgan fingerprint density at radius 2 is 1.48 bits per heavy atom. The van der Waals surface area contributed by atoms with E-state index in [9.17, 15) is 16.8 Å². The zero-order chi connectivity index (χ0) is 15.7. The number of aromatic nitrogens is 1. The average molecular weight is 328 g/mol. The van der Waals surface area contributed by atoms with Crippen molar-refractivity contribution in [2.75, 3.05) is 10.5 Å². The Kier molecular flexibility index (Phi) is 3.85. The summed E-state index contributed by atoms with van der Waals surface area (Å²) in [6.45, 7) is 0. The molecule has 0 aliphatic rings. The largest absolute Gasteiger partial charge is 0.384 e. The SMILES string of the molecule is Nc1ccc(S(=O)(=O)Nc2ccc(S(N)(=O)=O)cc2)cn1. The summed E-state index contributed by atoms with van der Waals surface area (Å²) in [6.07, 6.45) is 1.12. The Morgan fingerprint density at radius 3 is 1.95 bits per heavy atom. The van der Waals surface area contributed by atoms with Crippen LogP contribution >= 0.6 is 0 Å². The summed E-state index contributed by atoms with van der Waals surface area (Å²) in [6, 6.07) is 7.66. The molecular weight excluding hydrogens is 316 g/mol. The highest BCUT2D eigenvalue weighted by atomic mass is 32.2. The summed E-state index contributed by atoms with van der Waals surface area (Å²) in [5, 5.41) is 4.95. The summed E-state index contributed by atoms with van der Waals surface area (Å²) in [7, 11) is -7.65. The number of sulfonamides is 2. The van der Waals surface area contributed by atoms with Crippen LogP contribution in [0.2, 0.25) is 0 Å². The fraction of sp³-hybridized carbons (Fsp3) is 0. The number of nitrogens with zero attached hydrogens (tertiary/aromatic N) is 1. The predicted octanol–water partition coefficient (Wildman–Crippen LogP) is 0.112. The normalized spacial score (nSPS) is 12.0. The molecule has 0 amide bonds. The van der Waals surface area contributed by atoms with E-state index in [0.717, 1.165) is 6.20 Å². The van der Waals surface area contributed by atoms with E-state index in [1.54, 1.807) is 0 Å². The molecule has 0 saturated heterocycles. The molecule has 112 valence electrons. The van der Waals surface area contributed by atoms with Crippen LogP contribution in [0.15, 0.2) is 52.4 Å². The molecule has 1 heterocycles. The minimum absolute atomic E-state index is 0.0628. The molecule has 0 radical (unpaired) electrons. The topological polar surface area (TPSA) is 145 Å². The zero-order valence-corrected chi connectivity index (χ0v) is 12.2. The number of nitrogens with two attached hydrogens (primary N) is 2. The molecule has 1 aromatic heterocycles. The molecule has 0 aliphatic carbocycles. The van der Waals surface area contributed by atoms with Crippen molar-refractivity contribution in [3.8, 4) is 0 Å². The molecule has 0 aliphatic heterocycles. The molecule has 5 N–H and O–H groups in total. The van der Waals surface area contributed by atoms with Crippen molar-refractivity contribution in [2.24, 2.45) is 5.14 Å². The van der Waals surface area contributed by atoms with Gasteiger partial charge in [-0.15, -0.1) is 0 Å². The minimum Gasteiger partial charge on any atom is -0.384 e. The van der Waals surface area contributed by atoms with Gasteiger partial charge in [0.1, 0.15) is 10.7 Å². The predicted molar refractivity (Wildman–Crippen MR) is 77.3 cm³/mol. The van der Waals surface area contributed by atoms with Crippen LogP contribution in [0.1, 0.15) is 0 Å². The van der Waals surface area contributed by atoms with Gasteiger partial charge in [-0.1, -0.05) is 0 Å². The lowest BCUT2D eigenvalue weighted by Crippen LogP contribution is -2.14. The van der Waals surface area contributed by atoms with Crippen molar-refractivity contribution in [2.45, 2.75) is 9.79 Å². The first-order valence-corrected chi connectivity index (χ1v) is 8.59. The summed E-state index contributed by atoms with van der Waals surface area (Å²) < 4.78 is 48.6. The fourth-order valence-electron chi connectivity index (χ4n) is 1.48. The smallest absolute Gasteiger partial charge is 0.263 e. The van der Waals surface area contributed by atoms with E-state index in [1.165, 1.54) is 36.4 Å². The van der Waals surface area contributed by atoms with Gasteiger partial charge in [0.2, 0.25) is 10.0 Å². The van der Waals surface area contributed by atoms with Crippen LogP contribution < -0.4 is 15.6 Å². The number of nitrogen functional groups attached to an aromatic ring is 1. The monoisotopic (exact) mass is 328 g/mol. The van der Waals surface area contributed by atoms with Gasteiger partial charge in [0.25, 0.3) is 10.0 Å². The fourth-order valence-corrected chi connectivity index (χ4v) is 3.00. The molecule has 10 heteroatoms. The van der Waals surface area contributed by atoms with Crippen LogP contribution in [-0.4, -0.2) is 21.8 Å². The highest BCUT2D eigenvalue weighted by Gasteiger charge is 2.15. The molecule has 0 spiro atoms. The standard InChI is InChI=1S/C11H12N4O4S2/c12-11-6-5-10(7-14-11)21(18,19)15-8-1-3-9(4-2-8)20(13,16)17/h1-7,15H,(H2,12,14)(H2,13,16,17). The summed E-state index contributed by atoms with van der Waals surface area (Å²) in [4.78, 5) is 3.52. The van der Waals surface area contributed by atoms with Crippen LogP contribution in [0.25, 0.3) is 0 Å². The Balaban J connectivity index is 2.27. The number of hydrogen-bond donors (Lipinski definition) is 3. The molecule has 0 fully saturated rings. The first kappa shape index (κ1) is 15.2. The van der Waals surface area contributed by atoms with Crippen molar-refractivity contribution in [1.82, 2.24) is 4.98 Å². The summed E-state index contributed by atoms with van der Waals surface area (Å²) in [5.41, 5.74) is 5.58. The Hall–Kier alpha value is -2.17. The van der Waals surface area contributed by atoms with Crippen LogP contribution in [-0.2, 0) is 20.0 Å². The first-order chi connectivity index (χ1) is 9.68. The third-order valence-electron chi connectivity index (χ3n) is 2.50. The number of anilines is 2. The number of hydrogen-bond acceptors (Lipinski definition) is 6. The molecular formula is C11H12N4O4S2. The van der Waals surface area contributed by atoms with Gasteiger partial charge in [-0.3, -0.25) is 4.72 Å². The van der Waals surface area contributed by atoms with E-state index in [-0.39, 0.29) is 21.3 Å². The minimum atomic E-state index is -3.83. The number of primary sulfonamides is 1. The van der Waals surface area contributed by atoms with Gasteiger partial charge in [0, 0.05) is 11.9 Å². The zero-order valence-electron chi connectivity index (χ0n) is 10.6. The summed E-state index contributed by atoms with van der Waals surface area (Å²) in [5.74, 6) is 0.200. The van der Waals surface area contributed by atoms with Gasteiger partial charge in [0.05, 0.1) is 4.90 Å².